The molecule has 0 rings (SSSR count). The third kappa shape index (κ3) is 38.1. The Morgan fingerprint density at radius 1 is 0.286 bits per heavy atom. The van der Waals surface area contributed by atoms with Gasteiger partial charge in [0.1, 0.15) is 0 Å². The fourth-order valence-electron chi connectivity index (χ4n) is 0. The van der Waals surface area contributed by atoms with Crippen molar-refractivity contribution >= 4 is 0 Å². The second-order valence-corrected chi connectivity index (χ2v) is 0. The molecule has 0 unspecified atom stereocenters. The van der Waals surface area contributed by atoms with Crippen LogP contribution in [0.1, 0.15) is 0 Å². The van der Waals surface area contributed by atoms with Gasteiger partial charge in [-0.3, -0.25) is 0 Å². The maximum atomic E-state index is 0. The molecule has 0 fully saturated rings. The van der Waals surface area contributed by atoms with Crippen LogP contribution in [0.15, 0.2) is 0 Å². The normalized spacial score (nSPS) is 0. The Morgan fingerprint density at radius 2 is 0.286 bits per heavy atom. The van der Waals surface area contributed by atoms with Crippen molar-refractivity contribution in [3.8, 4) is 0 Å². The molecule has 0 saturated heterocycles. The van der Waals surface area contributed by atoms with Gasteiger partial charge in [0.05, 0.1) is 0 Å². The van der Waals surface area contributed by atoms with E-state index in [9.17, 15) is 0 Å². The third-order valence-electron chi connectivity index (χ3n) is 0. The zero-order chi connectivity index (χ0) is 0. The van der Waals surface area contributed by atoms with Crippen LogP contribution in [0.3, 0.4) is 0 Å². The van der Waals surface area contributed by atoms with Crippen LogP contribution in [0.2, 0.25) is 0 Å². The van der Waals surface area contributed by atoms with Crippen molar-refractivity contribution in [2.45, 2.75) is 0 Å². The van der Waals surface area contributed by atoms with E-state index in [1.165, 1.54) is 0 Å². The molecular weight excluding hydrogens is 500 g/mol. The van der Waals surface area contributed by atoms with Crippen LogP contribution < -0.4 is 0 Å². The summed E-state index contributed by atoms with van der Waals surface area (Å²) in [6, 6.07) is 0. The molecule has 63 valence electrons. The zero-order valence-electron chi connectivity index (χ0n) is 2.51. The first kappa shape index (κ1) is 64.1. The van der Waals surface area contributed by atoms with Gasteiger partial charge in [0.2, 0.25) is 0 Å². The topological polar surface area (TPSA) is 0 Å². The fourth-order valence-corrected chi connectivity index (χ4v) is 0. The molecule has 0 heterocycles. The van der Waals surface area contributed by atoms with E-state index in [1.807, 2.05) is 0 Å². The first-order valence-electron chi connectivity index (χ1n) is 0. The molecule has 0 aromatic rings. The van der Waals surface area contributed by atoms with Gasteiger partial charge >= 0.3 is 0 Å². The van der Waals surface area contributed by atoms with Crippen molar-refractivity contribution in [1.29, 1.82) is 0 Å². The van der Waals surface area contributed by atoms with E-state index in [4.69, 9.17) is 0 Å². The van der Waals surface area contributed by atoms with E-state index in [-0.39, 0.29) is 138 Å². The monoisotopic (exact) mass is 494 g/mol. The minimum absolute atomic E-state index is 0. The summed E-state index contributed by atoms with van der Waals surface area (Å²) < 4.78 is 0. The average molecular weight is 500 g/mol. The minimum Gasteiger partial charge on any atom is 0 e. The van der Waals surface area contributed by atoms with Crippen molar-refractivity contribution in [1.82, 2.24) is 0 Å². The molecule has 5 radical (unpaired) electrons. The van der Waals surface area contributed by atoms with Gasteiger partial charge in [0.15, 0.2) is 0 Å². The van der Waals surface area contributed by atoms with Gasteiger partial charge in [-0.1, -0.05) is 0 Å². The van der Waals surface area contributed by atoms with Gasteiger partial charge in [0.25, 0.3) is 0 Å². The van der Waals surface area contributed by atoms with Crippen LogP contribution >= 0.6 is 0 Å². The summed E-state index contributed by atoms with van der Waals surface area (Å²) >= 11 is 0. The molecular formula is Cu5Zr2. The summed E-state index contributed by atoms with van der Waals surface area (Å²) in [7, 11) is 0. The van der Waals surface area contributed by atoms with Crippen molar-refractivity contribution in [3.05, 3.63) is 0 Å². The second kappa shape index (κ2) is 47.7. The minimum atomic E-state index is 0. The summed E-state index contributed by atoms with van der Waals surface area (Å²) in [6.45, 7) is 0. The summed E-state index contributed by atoms with van der Waals surface area (Å²) in [5.41, 5.74) is 0. The standard InChI is InChI=1S/5Cu.2Zr. The maximum Gasteiger partial charge on any atom is 0 e. The van der Waals surface area contributed by atoms with E-state index in [2.05, 4.69) is 0 Å². The fraction of sp³-hybridized carbons (Fsp3) is 0. The summed E-state index contributed by atoms with van der Waals surface area (Å²) in [6.07, 6.45) is 0. The predicted molar refractivity (Wildman–Crippen MR) is 0 cm³/mol. The smallest absolute Gasteiger partial charge is 0 e. The number of hydrogen-bond acceptors (Lipinski definition) is 0. The first-order valence-corrected chi connectivity index (χ1v) is 0. The van der Waals surface area contributed by atoms with Crippen LogP contribution in [-0.2, 0) is 138 Å². The third-order valence-corrected chi connectivity index (χ3v) is 0. The molecule has 0 bridgehead atoms. The Balaban J connectivity index is 0. The Hall–Kier alpha value is 4.36. The molecule has 0 atom stereocenters. The van der Waals surface area contributed by atoms with Crippen molar-refractivity contribution in [3.63, 3.8) is 0 Å². The molecule has 0 aromatic heterocycles. The van der Waals surface area contributed by atoms with Crippen LogP contribution in [0.5, 0.6) is 0 Å². The molecule has 0 aliphatic rings. The van der Waals surface area contributed by atoms with Crippen molar-refractivity contribution in [2.24, 2.45) is 0 Å². The summed E-state index contributed by atoms with van der Waals surface area (Å²) in [5.74, 6) is 0. The Labute approximate surface area is 135 Å². The quantitative estimate of drug-likeness (QED) is 0.411. The van der Waals surface area contributed by atoms with Crippen LogP contribution in [0.25, 0.3) is 0 Å². The molecule has 0 N–H and O–H groups in total. The van der Waals surface area contributed by atoms with E-state index < -0.39 is 0 Å². The van der Waals surface area contributed by atoms with Crippen molar-refractivity contribution in [2.75, 3.05) is 0 Å². The van der Waals surface area contributed by atoms with E-state index in [1.54, 1.807) is 0 Å². The summed E-state index contributed by atoms with van der Waals surface area (Å²) in [5, 5.41) is 0. The average Bonchev–Trinajstić information content (AvgIpc) is 0. The number of rotatable bonds is 0. The molecule has 0 nitrogen and oxygen atoms in total. The molecule has 0 amide bonds. The Bertz CT molecular complexity index is 6.04. The van der Waals surface area contributed by atoms with Crippen molar-refractivity contribution < 1.29 is 138 Å². The van der Waals surface area contributed by atoms with Gasteiger partial charge in [-0.15, -0.1) is 0 Å². The van der Waals surface area contributed by atoms with Crippen LogP contribution in [0, 0.1) is 0 Å². The van der Waals surface area contributed by atoms with Crippen LogP contribution in [0.4, 0.5) is 0 Å². The Morgan fingerprint density at radius 3 is 0.286 bits per heavy atom. The summed E-state index contributed by atoms with van der Waals surface area (Å²) in [4.78, 5) is 0. The maximum absolute atomic E-state index is 0. The van der Waals surface area contributed by atoms with E-state index in [0.717, 1.165) is 0 Å². The molecule has 0 aliphatic heterocycles. The molecule has 0 spiro atoms. The van der Waals surface area contributed by atoms with Gasteiger partial charge in [-0.2, -0.15) is 0 Å². The van der Waals surface area contributed by atoms with Crippen LogP contribution in [-0.4, -0.2) is 0 Å². The largest absolute Gasteiger partial charge is 0 e. The second-order valence-electron chi connectivity index (χ2n) is 0. The number of hydrogen-bond donors (Lipinski definition) is 0. The predicted octanol–water partition coefficient (Wildman–Crippen LogP) is -0.0175. The molecule has 7 heteroatoms. The van der Waals surface area contributed by atoms with Gasteiger partial charge in [-0.05, 0) is 0 Å². The van der Waals surface area contributed by atoms with Gasteiger partial charge in [0, 0.05) is 138 Å². The van der Waals surface area contributed by atoms with E-state index in [0.29, 0.717) is 0 Å². The Kier molecular flexibility index (Phi) is 437. The van der Waals surface area contributed by atoms with Gasteiger partial charge in [-0.25, -0.2) is 0 Å². The molecule has 0 saturated carbocycles. The molecule has 0 aromatic carbocycles. The molecule has 0 aliphatic carbocycles. The first-order chi connectivity index (χ1) is 0. The van der Waals surface area contributed by atoms with Gasteiger partial charge < -0.3 is 0 Å². The SMILES string of the molecule is [Cu].[Cu].[Cu].[Cu].[Cu].[Zr].[Zr]. The zero-order valence-corrected chi connectivity index (χ0v) is 12.1. The van der Waals surface area contributed by atoms with E-state index >= 15 is 0 Å². The molecule has 7 heavy (non-hydrogen) atoms.